The van der Waals surface area contributed by atoms with Gasteiger partial charge < -0.3 is 10.6 Å². The molecular formula is C23H28N6O2S2. The molecule has 0 spiro atoms. The SMILES string of the molecule is CCc1c(C#N)c(SCc2ccc(N(C)S(C)(=O)=O)cc2)nc(N2CCC(N)CC2)c1C#N. The van der Waals surface area contributed by atoms with Crippen molar-refractivity contribution in [2.75, 3.05) is 35.6 Å². The van der Waals surface area contributed by atoms with Crippen LogP contribution in [0.2, 0.25) is 0 Å². The quantitative estimate of drug-likeness (QED) is 0.594. The second-order valence-electron chi connectivity index (χ2n) is 8.06. The van der Waals surface area contributed by atoms with Gasteiger partial charge in [-0.3, -0.25) is 4.31 Å². The average Bonchev–Trinajstić information content (AvgIpc) is 2.81. The van der Waals surface area contributed by atoms with E-state index in [1.165, 1.54) is 23.1 Å². The maximum Gasteiger partial charge on any atom is 0.231 e. The van der Waals surface area contributed by atoms with Gasteiger partial charge >= 0.3 is 0 Å². The molecule has 174 valence electrons. The standard InChI is InChI=1S/C23H28N6O2S2/c1-4-19-20(13-24)22(29-11-9-17(26)10-12-29)27-23(21(19)14-25)32-15-16-5-7-18(8-6-16)28(2)33(3,30)31/h5-8,17H,4,9-12,15,26H2,1-3H3. The molecule has 0 aliphatic carbocycles. The van der Waals surface area contributed by atoms with Crippen LogP contribution >= 0.6 is 11.8 Å². The number of nitrogens with zero attached hydrogens (tertiary/aromatic N) is 5. The van der Waals surface area contributed by atoms with Gasteiger partial charge in [0.05, 0.1) is 23.1 Å². The summed E-state index contributed by atoms with van der Waals surface area (Å²) in [4.78, 5) is 6.88. The van der Waals surface area contributed by atoms with Gasteiger partial charge in [0, 0.05) is 31.9 Å². The lowest BCUT2D eigenvalue weighted by atomic mass is 10.00. The van der Waals surface area contributed by atoms with Gasteiger partial charge in [-0.2, -0.15) is 10.5 Å². The molecule has 1 fully saturated rings. The van der Waals surface area contributed by atoms with Crippen molar-refractivity contribution in [3.05, 3.63) is 46.5 Å². The number of benzene rings is 1. The highest BCUT2D eigenvalue weighted by atomic mass is 32.2. The van der Waals surface area contributed by atoms with Crippen molar-refractivity contribution < 1.29 is 8.42 Å². The predicted octanol–water partition coefficient (Wildman–Crippen LogP) is 3.00. The predicted molar refractivity (Wildman–Crippen MR) is 132 cm³/mol. The molecule has 8 nitrogen and oxygen atoms in total. The molecule has 1 aliphatic rings. The molecule has 0 unspecified atom stereocenters. The molecule has 1 aromatic carbocycles. The third-order valence-electron chi connectivity index (χ3n) is 5.84. The minimum Gasteiger partial charge on any atom is -0.355 e. The monoisotopic (exact) mass is 484 g/mol. The summed E-state index contributed by atoms with van der Waals surface area (Å²) in [6, 6.07) is 12.0. The van der Waals surface area contributed by atoms with Crippen molar-refractivity contribution in [3.63, 3.8) is 0 Å². The summed E-state index contributed by atoms with van der Waals surface area (Å²) in [6.45, 7) is 3.41. The van der Waals surface area contributed by atoms with Crippen LogP contribution in [-0.4, -0.2) is 45.8 Å². The Morgan fingerprint density at radius 3 is 2.30 bits per heavy atom. The third kappa shape index (κ3) is 5.59. The number of pyridine rings is 1. The molecule has 0 saturated carbocycles. The number of thioether (sulfide) groups is 1. The maximum atomic E-state index is 11.7. The van der Waals surface area contributed by atoms with Crippen molar-refractivity contribution in [2.45, 2.75) is 43.0 Å². The first-order chi connectivity index (χ1) is 15.7. The minimum absolute atomic E-state index is 0.161. The normalized spacial score (nSPS) is 14.5. The van der Waals surface area contributed by atoms with Gasteiger partial charge in [0.1, 0.15) is 23.0 Å². The summed E-state index contributed by atoms with van der Waals surface area (Å²) in [5.41, 5.74) is 9.26. The highest BCUT2D eigenvalue weighted by molar-refractivity contribution is 7.98. The number of nitriles is 2. The Labute approximate surface area is 200 Å². The molecule has 1 saturated heterocycles. The van der Waals surface area contributed by atoms with Gasteiger partial charge in [-0.15, -0.1) is 11.8 Å². The largest absolute Gasteiger partial charge is 0.355 e. The van der Waals surface area contributed by atoms with E-state index in [9.17, 15) is 18.9 Å². The van der Waals surface area contributed by atoms with Crippen LogP contribution in [0.5, 0.6) is 0 Å². The zero-order valence-corrected chi connectivity index (χ0v) is 20.7. The summed E-state index contributed by atoms with van der Waals surface area (Å²) in [5.74, 6) is 1.19. The molecule has 0 amide bonds. The fraction of sp³-hybridized carbons (Fsp3) is 0.435. The first-order valence-corrected chi connectivity index (χ1v) is 13.6. The van der Waals surface area contributed by atoms with E-state index < -0.39 is 10.0 Å². The van der Waals surface area contributed by atoms with Crippen LogP contribution in [0, 0.1) is 22.7 Å². The van der Waals surface area contributed by atoms with Crippen LogP contribution in [0.1, 0.15) is 42.0 Å². The lowest BCUT2D eigenvalue weighted by Gasteiger charge is -2.32. The Kier molecular flexibility index (Phi) is 7.85. The Hall–Kier alpha value is -2.79. The first-order valence-electron chi connectivity index (χ1n) is 10.7. The smallest absolute Gasteiger partial charge is 0.231 e. The summed E-state index contributed by atoms with van der Waals surface area (Å²) in [7, 11) is -1.81. The molecule has 1 aliphatic heterocycles. The van der Waals surface area contributed by atoms with Gasteiger partial charge in [-0.25, -0.2) is 13.4 Å². The van der Waals surface area contributed by atoms with Crippen LogP contribution in [0.25, 0.3) is 0 Å². The van der Waals surface area contributed by atoms with Crippen LogP contribution in [0.3, 0.4) is 0 Å². The van der Waals surface area contributed by atoms with E-state index in [0.29, 0.717) is 39.8 Å². The van der Waals surface area contributed by atoms with Crippen LogP contribution in [0.4, 0.5) is 11.5 Å². The number of hydrogen-bond donors (Lipinski definition) is 1. The Bertz CT molecular complexity index is 1190. The number of nitrogens with two attached hydrogens (primary N) is 1. The molecule has 33 heavy (non-hydrogen) atoms. The van der Waals surface area contributed by atoms with Gasteiger partial charge in [0.25, 0.3) is 0 Å². The molecule has 0 bridgehead atoms. The maximum absolute atomic E-state index is 11.7. The van der Waals surface area contributed by atoms with Crippen molar-refractivity contribution in [3.8, 4) is 12.1 Å². The summed E-state index contributed by atoms with van der Waals surface area (Å²) >= 11 is 1.45. The summed E-state index contributed by atoms with van der Waals surface area (Å²) in [6.07, 6.45) is 3.40. The van der Waals surface area contributed by atoms with Crippen molar-refractivity contribution in [1.82, 2.24) is 4.98 Å². The minimum atomic E-state index is -3.32. The molecule has 2 N–H and O–H groups in total. The van der Waals surface area contributed by atoms with Crippen LogP contribution < -0.4 is 14.9 Å². The zero-order valence-electron chi connectivity index (χ0n) is 19.1. The molecular weight excluding hydrogens is 456 g/mol. The molecule has 2 aromatic rings. The van der Waals surface area contributed by atoms with Gasteiger partial charge in [-0.05, 0) is 42.5 Å². The lowest BCUT2D eigenvalue weighted by Crippen LogP contribution is -2.40. The van der Waals surface area contributed by atoms with E-state index in [1.54, 1.807) is 12.1 Å². The van der Waals surface area contributed by atoms with Crippen LogP contribution in [0.15, 0.2) is 29.3 Å². The molecule has 10 heteroatoms. The third-order valence-corrected chi connectivity index (χ3v) is 8.09. The number of piperidine rings is 1. The number of aromatic nitrogens is 1. The fourth-order valence-electron chi connectivity index (χ4n) is 3.77. The van der Waals surface area contributed by atoms with E-state index in [2.05, 4.69) is 17.0 Å². The van der Waals surface area contributed by atoms with Gasteiger partial charge in [-0.1, -0.05) is 19.1 Å². The second kappa shape index (κ2) is 10.4. The van der Waals surface area contributed by atoms with Crippen molar-refractivity contribution >= 4 is 33.3 Å². The van der Waals surface area contributed by atoms with E-state index in [-0.39, 0.29) is 6.04 Å². The molecule has 1 aromatic heterocycles. The van der Waals surface area contributed by atoms with E-state index >= 15 is 0 Å². The Morgan fingerprint density at radius 2 is 1.79 bits per heavy atom. The van der Waals surface area contributed by atoms with E-state index in [0.717, 1.165) is 43.3 Å². The van der Waals surface area contributed by atoms with Gasteiger partial charge in [0.15, 0.2) is 0 Å². The topological polar surface area (TPSA) is 127 Å². The Morgan fingerprint density at radius 1 is 1.18 bits per heavy atom. The lowest BCUT2D eigenvalue weighted by molar-refractivity contribution is 0.497. The summed E-state index contributed by atoms with van der Waals surface area (Å²) < 4.78 is 24.7. The zero-order chi connectivity index (χ0) is 24.2. The first kappa shape index (κ1) is 24.8. The highest BCUT2D eigenvalue weighted by Gasteiger charge is 2.25. The van der Waals surface area contributed by atoms with Gasteiger partial charge in [0.2, 0.25) is 10.0 Å². The molecule has 0 atom stereocenters. The highest BCUT2D eigenvalue weighted by Crippen LogP contribution is 2.34. The van der Waals surface area contributed by atoms with E-state index in [4.69, 9.17) is 10.7 Å². The number of sulfonamides is 1. The number of hydrogen-bond acceptors (Lipinski definition) is 8. The number of rotatable bonds is 7. The second-order valence-corrected chi connectivity index (χ2v) is 11.0. The average molecular weight is 485 g/mol. The van der Waals surface area contributed by atoms with Crippen molar-refractivity contribution in [1.29, 1.82) is 10.5 Å². The molecule has 0 radical (unpaired) electrons. The van der Waals surface area contributed by atoms with Crippen LogP contribution in [-0.2, 0) is 22.2 Å². The summed E-state index contributed by atoms with van der Waals surface area (Å²) in [5, 5.41) is 20.3. The van der Waals surface area contributed by atoms with E-state index in [1.807, 2.05) is 19.1 Å². The fourth-order valence-corrected chi connectivity index (χ4v) is 5.24. The molecule has 2 heterocycles. The molecule has 3 rings (SSSR count). The number of anilines is 2. The van der Waals surface area contributed by atoms with Crippen molar-refractivity contribution in [2.24, 2.45) is 5.73 Å². The Balaban J connectivity index is 1.90.